The quantitative estimate of drug-likeness (QED) is 0.649. The second-order valence-corrected chi connectivity index (χ2v) is 8.08. The lowest BCUT2D eigenvalue weighted by atomic mass is 10.00. The zero-order valence-corrected chi connectivity index (χ0v) is 17.7. The Morgan fingerprint density at radius 3 is 2.71 bits per heavy atom. The molecule has 2 heterocycles. The lowest BCUT2D eigenvalue weighted by Crippen LogP contribution is -2.50. The molecule has 7 heteroatoms. The summed E-state index contributed by atoms with van der Waals surface area (Å²) in [5.41, 5.74) is 1.45. The van der Waals surface area contributed by atoms with Crippen molar-refractivity contribution in [2.45, 2.75) is 6.17 Å². The lowest BCUT2D eigenvalue weighted by Gasteiger charge is -2.34. The summed E-state index contributed by atoms with van der Waals surface area (Å²) in [6.07, 6.45) is 1.30. The molecular weight excluding hydrogens is 408 g/mol. The van der Waals surface area contributed by atoms with E-state index in [4.69, 9.17) is 14.8 Å². The molecule has 0 saturated carbocycles. The molecule has 2 aliphatic rings. The molecule has 1 N–H and O–H groups in total. The first-order valence-electron chi connectivity index (χ1n) is 9.87. The van der Waals surface area contributed by atoms with E-state index in [0.29, 0.717) is 16.6 Å². The van der Waals surface area contributed by atoms with Gasteiger partial charge in [-0.2, -0.15) is 0 Å². The second-order valence-electron chi connectivity index (χ2n) is 7.07. The van der Waals surface area contributed by atoms with E-state index >= 15 is 0 Å². The molecule has 3 aromatic rings. The molecule has 0 bridgehead atoms. The van der Waals surface area contributed by atoms with Crippen LogP contribution in [0.15, 0.2) is 83.4 Å². The van der Waals surface area contributed by atoms with Crippen molar-refractivity contribution in [1.82, 2.24) is 10.3 Å². The summed E-state index contributed by atoms with van der Waals surface area (Å²) >= 11 is 1.43. The number of thioether (sulfide) groups is 1. The monoisotopic (exact) mass is 428 g/mol. The maximum atomic E-state index is 13.1. The van der Waals surface area contributed by atoms with E-state index in [9.17, 15) is 4.79 Å². The molecule has 0 aromatic heterocycles. The Bertz CT molecular complexity index is 1370. The lowest BCUT2D eigenvalue weighted by molar-refractivity contribution is -0.116. The maximum absolute atomic E-state index is 13.1. The summed E-state index contributed by atoms with van der Waals surface area (Å²) in [4.78, 5) is 18.1. The summed E-state index contributed by atoms with van der Waals surface area (Å²) in [5.74, 6) is 1.25. The van der Waals surface area contributed by atoms with E-state index in [1.165, 1.54) is 11.8 Å². The standard InChI is InChI=1S/C24H20N4O2S/c1-3-14-31-24-26-23(29)21-18-10-6-7-11-19(18)25-22(28(21)27-24)17-12-13-20(30-2)16-9-5-4-8-15(16)17/h3-13,22H,1,14H2,2H3,(H,26,27,29)/t22-/m1/s1. The summed E-state index contributed by atoms with van der Waals surface area (Å²) in [7, 11) is 1.66. The number of ether oxygens (including phenoxy) is 1. The Kier molecular flexibility index (Phi) is 4.95. The number of hydrogen-bond donors (Lipinski definition) is 1. The Morgan fingerprint density at radius 2 is 1.90 bits per heavy atom. The van der Waals surface area contributed by atoms with Gasteiger partial charge in [0.25, 0.3) is 5.91 Å². The van der Waals surface area contributed by atoms with Gasteiger partial charge in [-0.25, -0.2) is 5.01 Å². The van der Waals surface area contributed by atoms with Gasteiger partial charge in [0.2, 0.25) is 0 Å². The first kappa shape index (κ1) is 19.4. The number of fused-ring (bicyclic) bond motifs is 3. The number of carbonyl (C=O) groups excluding carboxylic acids is 1. The normalized spacial score (nSPS) is 17.3. The van der Waals surface area contributed by atoms with Gasteiger partial charge < -0.3 is 4.74 Å². The minimum atomic E-state index is -0.480. The molecule has 1 amide bonds. The van der Waals surface area contributed by atoms with Crippen molar-refractivity contribution in [1.29, 1.82) is 0 Å². The van der Waals surface area contributed by atoms with Crippen molar-refractivity contribution in [2.24, 2.45) is 10.1 Å². The van der Waals surface area contributed by atoms with Crippen molar-refractivity contribution in [3.63, 3.8) is 0 Å². The number of methoxy groups -OCH3 is 1. The largest absolute Gasteiger partial charge is 0.496 e. The molecule has 31 heavy (non-hydrogen) atoms. The number of amides is 1. The van der Waals surface area contributed by atoms with Crippen LogP contribution in [0.2, 0.25) is 0 Å². The van der Waals surface area contributed by atoms with Gasteiger partial charge >= 0.3 is 0 Å². The van der Waals surface area contributed by atoms with E-state index < -0.39 is 6.17 Å². The van der Waals surface area contributed by atoms with Gasteiger partial charge in [-0.3, -0.25) is 15.1 Å². The molecule has 154 valence electrons. The van der Waals surface area contributed by atoms with E-state index in [-0.39, 0.29) is 5.91 Å². The van der Waals surface area contributed by atoms with Crippen LogP contribution in [0.4, 0.5) is 0 Å². The second kappa shape index (κ2) is 7.92. The molecule has 1 atom stereocenters. The Labute approximate surface area is 183 Å². The van der Waals surface area contributed by atoms with Gasteiger partial charge in [-0.1, -0.05) is 66.4 Å². The number of para-hydroxylation sites is 1. The molecule has 3 aromatic carbocycles. The highest BCUT2D eigenvalue weighted by Crippen LogP contribution is 2.37. The smallest absolute Gasteiger partial charge is 0.276 e. The predicted octanol–water partition coefficient (Wildman–Crippen LogP) is 2.91. The van der Waals surface area contributed by atoms with Crippen LogP contribution < -0.4 is 20.6 Å². The minimum absolute atomic E-state index is 0.188. The number of nitrogens with zero attached hydrogens (tertiary/aromatic N) is 3. The average Bonchev–Trinajstić information content (AvgIpc) is 2.81. The van der Waals surface area contributed by atoms with Crippen LogP contribution in [0, 0.1) is 0 Å². The third-order valence-electron chi connectivity index (χ3n) is 5.27. The van der Waals surface area contributed by atoms with Crippen LogP contribution in [-0.4, -0.2) is 28.9 Å². The number of hydrogen-bond acceptors (Lipinski definition) is 6. The number of hydrazone groups is 1. The molecular formula is C24H20N4O2S. The third kappa shape index (κ3) is 3.27. The summed E-state index contributed by atoms with van der Waals surface area (Å²) in [5, 5.41) is 13.5. The fraction of sp³-hybridized carbons (Fsp3) is 0.125. The van der Waals surface area contributed by atoms with Crippen molar-refractivity contribution >= 4 is 39.3 Å². The van der Waals surface area contributed by atoms with E-state index in [1.54, 1.807) is 18.2 Å². The van der Waals surface area contributed by atoms with Gasteiger partial charge in [0.05, 0.1) is 12.5 Å². The molecule has 5 rings (SSSR count). The molecule has 0 radical (unpaired) electrons. The SMILES string of the molecule is C=CCSC1=NN2C(=c3ccccc3=N[C@H]2c2ccc(OC)c3ccccc23)C(=O)N1. The van der Waals surface area contributed by atoms with Crippen molar-refractivity contribution in [2.75, 3.05) is 12.9 Å². The van der Waals surface area contributed by atoms with Gasteiger partial charge in [-0.15, -0.1) is 11.7 Å². The Morgan fingerprint density at radius 1 is 1.13 bits per heavy atom. The number of amidine groups is 1. The summed E-state index contributed by atoms with van der Waals surface area (Å²) in [6, 6.07) is 19.6. The van der Waals surface area contributed by atoms with Crippen LogP contribution in [0.3, 0.4) is 0 Å². The van der Waals surface area contributed by atoms with Crippen LogP contribution in [0.1, 0.15) is 11.7 Å². The van der Waals surface area contributed by atoms with Crippen LogP contribution in [0.25, 0.3) is 16.5 Å². The van der Waals surface area contributed by atoms with Crippen LogP contribution in [0.5, 0.6) is 5.75 Å². The molecule has 6 nitrogen and oxygen atoms in total. The molecule has 2 aliphatic heterocycles. The van der Waals surface area contributed by atoms with E-state index in [2.05, 4.69) is 11.9 Å². The summed E-state index contributed by atoms with van der Waals surface area (Å²) in [6.45, 7) is 3.75. The fourth-order valence-corrected chi connectivity index (χ4v) is 4.52. The number of benzene rings is 3. The van der Waals surface area contributed by atoms with Gasteiger partial charge in [0.1, 0.15) is 11.4 Å². The maximum Gasteiger partial charge on any atom is 0.276 e. The molecule has 0 unspecified atom stereocenters. The van der Waals surface area contributed by atoms with Crippen molar-refractivity contribution in [3.05, 3.63) is 89.5 Å². The molecule has 0 fully saturated rings. The Balaban J connectivity index is 1.76. The first-order chi connectivity index (χ1) is 15.2. The van der Waals surface area contributed by atoms with E-state index in [0.717, 1.165) is 32.7 Å². The minimum Gasteiger partial charge on any atom is -0.496 e. The molecule has 0 aliphatic carbocycles. The van der Waals surface area contributed by atoms with Crippen molar-refractivity contribution in [3.8, 4) is 5.75 Å². The van der Waals surface area contributed by atoms with Crippen molar-refractivity contribution < 1.29 is 9.53 Å². The highest BCUT2D eigenvalue weighted by Gasteiger charge is 2.35. The predicted molar refractivity (Wildman–Crippen MR) is 124 cm³/mol. The molecule has 0 saturated heterocycles. The average molecular weight is 429 g/mol. The Hall–Kier alpha value is -3.58. The zero-order chi connectivity index (χ0) is 21.4. The first-order valence-corrected chi connectivity index (χ1v) is 10.9. The topological polar surface area (TPSA) is 66.3 Å². The fourth-order valence-electron chi connectivity index (χ4n) is 3.93. The van der Waals surface area contributed by atoms with Gasteiger partial charge in [0.15, 0.2) is 11.3 Å². The highest BCUT2D eigenvalue weighted by molar-refractivity contribution is 8.14. The van der Waals surface area contributed by atoms with Gasteiger partial charge in [0, 0.05) is 21.9 Å². The highest BCUT2D eigenvalue weighted by atomic mass is 32.2. The third-order valence-corrected chi connectivity index (χ3v) is 6.13. The van der Waals surface area contributed by atoms with Gasteiger partial charge in [-0.05, 0) is 17.5 Å². The van der Waals surface area contributed by atoms with Crippen LogP contribution in [-0.2, 0) is 4.79 Å². The summed E-state index contributed by atoms with van der Waals surface area (Å²) < 4.78 is 5.56. The van der Waals surface area contributed by atoms with Crippen LogP contribution >= 0.6 is 11.8 Å². The number of rotatable bonds is 4. The zero-order valence-electron chi connectivity index (χ0n) is 16.9. The number of carbonyl (C=O) groups is 1. The number of nitrogens with one attached hydrogen (secondary N) is 1. The molecule has 0 spiro atoms. The van der Waals surface area contributed by atoms with E-state index in [1.807, 2.05) is 60.7 Å².